The number of amides is 1. The zero-order valence-corrected chi connectivity index (χ0v) is 7.86. The van der Waals surface area contributed by atoms with Crippen molar-refractivity contribution in [1.29, 1.82) is 0 Å². The number of cyclic esters (lactones) is 1. The maximum absolute atomic E-state index is 11.3. The number of hydrogen-bond acceptors (Lipinski definition) is 3. The number of hydrogen-bond donors (Lipinski definition) is 0. The summed E-state index contributed by atoms with van der Waals surface area (Å²) in [5.41, 5.74) is 0.944. The zero-order valence-electron chi connectivity index (χ0n) is 7.86. The molecule has 0 N–H and O–H groups in total. The van der Waals surface area contributed by atoms with E-state index >= 15 is 0 Å². The van der Waals surface area contributed by atoms with Gasteiger partial charge in [-0.1, -0.05) is 12.6 Å². The Hall–Kier alpha value is -1.84. The molecule has 1 aliphatic heterocycles. The summed E-state index contributed by atoms with van der Waals surface area (Å²) in [6, 6.07) is 3.73. The quantitative estimate of drug-likeness (QED) is 0.678. The van der Waals surface area contributed by atoms with Gasteiger partial charge < -0.3 is 4.74 Å². The van der Waals surface area contributed by atoms with Crippen molar-refractivity contribution in [2.24, 2.45) is 0 Å². The fourth-order valence-corrected chi connectivity index (χ4v) is 1.37. The van der Waals surface area contributed by atoms with Gasteiger partial charge in [-0.3, -0.25) is 4.90 Å². The molecule has 1 aromatic heterocycles. The third kappa shape index (κ3) is 1.35. The first-order valence-electron chi connectivity index (χ1n) is 4.27. The van der Waals surface area contributed by atoms with Crippen LogP contribution in [0.5, 0.6) is 0 Å². The molecule has 1 fully saturated rings. The summed E-state index contributed by atoms with van der Waals surface area (Å²) in [6.45, 7) is 5.88. The Balaban J connectivity index is 2.36. The van der Waals surface area contributed by atoms with Crippen LogP contribution in [0, 0.1) is 6.92 Å². The van der Waals surface area contributed by atoms with E-state index in [2.05, 4.69) is 11.6 Å². The van der Waals surface area contributed by atoms with Gasteiger partial charge in [-0.05, 0) is 18.6 Å². The zero-order chi connectivity index (χ0) is 10.1. The Morgan fingerprint density at radius 2 is 2.43 bits per heavy atom. The van der Waals surface area contributed by atoms with Gasteiger partial charge in [0.15, 0.2) is 0 Å². The highest BCUT2D eigenvalue weighted by molar-refractivity contribution is 5.90. The molecule has 0 spiro atoms. The van der Waals surface area contributed by atoms with Crippen molar-refractivity contribution in [3.63, 3.8) is 0 Å². The van der Waals surface area contributed by atoms with Crippen LogP contribution < -0.4 is 4.90 Å². The van der Waals surface area contributed by atoms with E-state index in [4.69, 9.17) is 4.74 Å². The minimum atomic E-state index is -0.406. The summed E-state index contributed by atoms with van der Waals surface area (Å²) in [7, 11) is 0. The number of carbonyl (C=O) groups is 1. The maximum atomic E-state index is 11.3. The van der Waals surface area contributed by atoms with E-state index in [0.717, 1.165) is 5.56 Å². The molecule has 72 valence electrons. The third-order valence-corrected chi connectivity index (χ3v) is 2.02. The molecule has 0 radical (unpaired) electrons. The molecule has 4 heteroatoms. The van der Waals surface area contributed by atoms with Crippen molar-refractivity contribution in [2.45, 2.75) is 6.92 Å². The Labute approximate surface area is 81.8 Å². The number of pyridine rings is 1. The molecule has 2 heterocycles. The Bertz CT molecular complexity index is 401. The Kier molecular flexibility index (Phi) is 1.96. The summed E-state index contributed by atoms with van der Waals surface area (Å²) in [4.78, 5) is 16.9. The highest BCUT2D eigenvalue weighted by Gasteiger charge is 2.28. The normalized spacial score (nSPS) is 15.9. The molecule has 0 unspecified atom stereocenters. The van der Waals surface area contributed by atoms with E-state index in [1.54, 1.807) is 6.20 Å². The molecule has 0 saturated carbocycles. The second kappa shape index (κ2) is 3.14. The van der Waals surface area contributed by atoms with Crippen molar-refractivity contribution in [3.05, 3.63) is 36.2 Å². The molecule has 2 rings (SSSR count). The second-order valence-corrected chi connectivity index (χ2v) is 3.14. The minimum Gasteiger partial charge on any atom is -0.413 e. The molecule has 1 saturated heterocycles. The van der Waals surface area contributed by atoms with Crippen LogP contribution in [0.3, 0.4) is 0 Å². The lowest BCUT2D eigenvalue weighted by molar-refractivity contribution is 0.199. The first-order valence-corrected chi connectivity index (χ1v) is 4.27. The summed E-state index contributed by atoms with van der Waals surface area (Å²) >= 11 is 0. The van der Waals surface area contributed by atoms with E-state index < -0.39 is 6.09 Å². The van der Waals surface area contributed by atoms with Crippen molar-refractivity contribution >= 4 is 11.9 Å². The molecule has 1 aliphatic rings. The lowest BCUT2D eigenvalue weighted by atomic mass is 10.3. The van der Waals surface area contributed by atoms with E-state index in [9.17, 15) is 4.79 Å². The average molecular weight is 190 g/mol. The number of carbonyl (C=O) groups excluding carboxylic acids is 1. The first-order chi connectivity index (χ1) is 6.68. The van der Waals surface area contributed by atoms with Crippen LogP contribution in [-0.4, -0.2) is 17.6 Å². The van der Waals surface area contributed by atoms with Gasteiger partial charge in [0.05, 0.1) is 6.54 Å². The molecule has 1 aromatic rings. The number of ether oxygens (including phenoxy) is 1. The van der Waals surface area contributed by atoms with Crippen molar-refractivity contribution in [3.8, 4) is 0 Å². The minimum absolute atomic E-state index is 0.386. The summed E-state index contributed by atoms with van der Waals surface area (Å²) in [5, 5.41) is 0. The van der Waals surface area contributed by atoms with Crippen LogP contribution in [0.1, 0.15) is 5.56 Å². The second-order valence-electron chi connectivity index (χ2n) is 3.14. The number of aryl methyl sites for hydroxylation is 1. The maximum Gasteiger partial charge on any atom is 0.421 e. The van der Waals surface area contributed by atoms with Crippen LogP contribution >= 0.6 is 0 Å². The van der Waals surface area contributed by atoms with E-state index in [1.807, 2.05) is 19.1 Å². The number of rotatable bonds is 1. The smallest absolute Gasteiger partial charge is 0.413 e. The summed E-state index contributed by atoms with van der Waals surface area (Å²) in [5.74, 6) is 1.09. The highest BCUT2D eigenvalue weighted by atomic mass is 16.6. The number of aromatic nitrogens is 1. The van der Waals surface area contributed by atoms with Gasteiger partial charge in [0.1, 0.15) is 11.6 Å². The van der Waals surface area contributed by atoms with E-state index in [-0.39, 0.29) is 0 Å². The topological polar surface area (TPSA) is 42.4 Å². The van der Waals surface area contributed by atoms with Gasteiger partial charge in [0.2, 0.25) is 0 Å². The average Bonchev–Trinajstić information content (AvgIpc) is 2.46. The lowest BCUT2D eigenvalue weighted by Gasteiger charge is -2.12. The third-order valence-electron chi connectivity index (χ3n) is 2.02. The van der Waals surface area contributed by atoms with Crippen LogP contribution in [0.15, 0.2) is 30.7 Å². The van der Waals surface area contributed by atoms with Gasteiger partial charge in [0, 0.05) is 6.20 Å². The molecule has 1 amide bonds. The van der Waals surface area contributed by atoms with Gasteiger partial charge in [0.25, 0.3) is 0 Å². The molecule has 14 heavy (non-hydrogen) atoms. The molecule has 0 aliphatic carbocycles. The molecule has 4 nitrogen and oxygen atoms in total. The van der Waals surface area contributed by atoms with Gasteiger partial charge in [-0.25, -0.2) is 9.78 Å². The van der Waals surface area contributed by atoms with E-state index in [1.165, 1.54) is 4.90 Å². The summed E-state index contributed by atoms with van der Waals surface area (Å²) in [6.07, 6.45) is 1.24. The Morgan fingerprint density at radius 1 is 1.64 bits per heavy atom. The first kappa shape index (κ1) is 8.74. The lowest BCUT2D eigenvalue weighted by Crippen LogP contribution is -2.24. The van der Waals surface area contributed by atoms with Gasteiger partial charge in [-0.2, -0.15) is 0 Å². The van der Waals surface area contributed by atoms with Crippen molar-refractivity contribution < 1.29 is 9.53 Å². The van der Waals surface area contributed by atoms with Crippen molar-refractivity contribution in [2.75, 3.05) is 11.4 Å². The van der Waals surface area contributed by atoms with Crippen molar-refractivity contribution in [1.82, 2.24) is 4.98 Å². The summed E-state index contributed by atoms with van der Waals surface area (Å²) < 4.78 is 4.84. The molecule has 0 aromatic carbocycles. The molecule has 0 atom stereocenters. The predicted molar refractivity (Wildman–Crippen MR) is 51.9 cm³/mol. The van der Waals surface area contributed by atoms with Crippen LogP contribution in [0.2, 0.25) is 0 Å². The monoisotopic (exact) mass is 190 g/mol. The van der Waals surface area contributed by atoms with Crippen LogP contribution in [0.4, 0.5) is 10.6 Å². The molecular weight excluding hydrogens is 180 g/mol. The van der Waals surface area contributed by atoms with Crippen LogP contribution in [-0.2, 0) is 4.74 Å². The molecular formula is C10H10N2O2. The standard InChI is InChI=1S/C10H10N2O2/c1-7-4-3-5-11-9(7)12-6-8(2)14-10(12)13/h3-5H,2,6H2,1H3. The fourth-order valence-electron chi connectivity index (χ4n) is 1.37. The van der Waals surface area contributed by atoms with Crippen LogP contribution in [0.25, 0.3) is 0 Å². The Morgan fingerprint density at radius 3 is 3.00 bits per heavy atom. The highest BCUT2D eigenvalue weighted by Crippen LogP contribution is 2.22. The predicted octanol–water partition coefficient (Wildman–Crippen LogP) is 1.86. The van der Waals surface area contributed by atoms with Gasteiger partial charge >= 0.3 is 6.09 Å². The fraction of sp³-hybridized carbons (Fsp3) is 0.200. The van der Waals surface area contributed by atoms with E-state index in [0.29, 0.717) is 18.1 Å². The number of nitrogens with zero attached hydrogens (tertiary/aromatic N) is 2. The SMILES string of the molecule is C=C1CN(c2ncccc2C)C(=O)O1. The number of anilines is 1. The van der Waals surface area contributed by atoms with Gasteiger partial charge in [-0.15, -0.1) is 0 Å². The largest absolute Gasteiger partial charge is 0.421 e. The molecule has 0 bridgehead atoms.